The van der Waals surface area contributed by atoms with Gasteiger partial charge in [0.15, 0.2) is 11.6 Å². The van der Waals surface area contributed by atoms with Gasteiger partial charge in [-0.15, -0.1) is 0 Å². The summed E-state index contributed by atoms with van der Waals surface area (Å²) in [6, 6.07) is 11.0. The van der Waals surface area contributed by atoms with Crippen molar-refractivity contribution in [1.29, 1.82) is 0 Å². The number of nitrogens with one attached hydrogen (secondary N) is 1. The summed E-state index contributed by atoms with van der Waals surface area (Å²) in [5, 5.41) is 3.29. The lowest BCUT2D eigenvalue weighted by Crippen LogP contribution is -2.21. The molecule has 2 aromatic rings. The summed E-state index contributed by atoms with van der Waals surface area (Å²) in [5.41, 5.74) is 1.04. The van der Waals surface area contributed by atoms with Crippen LogP contribution in [0.5, 0.6) is 11.5 Å². The Morgan fingerprint density at radius 1 is 1.10 bits per heavy atom. The molecular formula is C16H17F2NO. The first-order valence-corrected chi connectivity index (χ1v) is 6.50. The van der Waals surface area contributed by atoms with Crippen LogP contribution in [0.15, 0.2) is 42.5 Å². The zero-order valence-corrected chi connectivity index (χ0v) is 11.5. The number of benzene rings is 2. The lowest BCUT2D eigenvalue weighted by atomic mass is 10.2. The van der Waals surface area contributed by atoms with Gasteiger partial charge in [-0.2, -0.15) is 0 Å². The van der Waals surface area contributed by atoms with E-state index in [9.17, 15) is 8.78 Å². The van der Waals surface area contributed by atoms with Crippen molar-refractivity contribution in [3.8, 4) is 11.5 Å². The minimum Gasteiger partial charge on any atom is -0.454 e. The molecular weight excluding hydrogens is 260 g/mol. The van der Waals surface area contributed by atoms with Crippen LogP contribution < -0.4 is 10.1 Å². The SMILES string of the molecule is CC(C)NCc1cccc(Oc2ccc(F)cc2F)c1. The van der Waals surface area contributed by atoms with Crippen LogP contribution in [-0.2, 0) is 6.54 Å². The van der Waals surface area contributed by atoms with Gasteiger partial charge in [-0.1, -0.05) is 26.0 Å². The van der Waals surface area contributed by atoms with E-state index in [-0.39, 0.29) is 5.75 Å². The average molecular weight is 277 g/mol. The summed E-state index contributed by atoms with van der Waals surface area (Å²) < 4.78 is 31.8. The Morgan fingerprint density at radius 2 is 1.90 bits per heavy atom. The lowest BCUT2D eigenvalue weighted by molar-refractivity contribution is 0.437. The van der Waals surface area contributed by atoms with Gasteiger partial charge in [0.25, 0.3) is 0 Å². The maximum Gasteiger partial charge on any atom is 0.168 e. The van der Waals surface area contributed by atoms with E-state index in [4.69, 9.17) is 4.74 Å². The first kappa shape index (κ1) is 14.5. The van der Waals surface area contributed by atoms with E-state index < -0.39 is 11.6 Å². The van der Waals surface area contributed by atoms with Gasteiger partial charge in [0.2, 0.25) is 0 Å². The maximum absolute atomic E-state index is 13.5. The summed E-state index contributed by atoms with van der Waals surface area (Å²) in [6.45, 7) is 4.84. The van der Waals surface area contributed by atoms with Crippen LogP contribution >= 0.6 is 0 Å². The largest absolute Gasteiger partial charge is 0.454 e. The van der Waals surface area contributed by atoms with Gasteiger partial charge in [-0.05, 0) is 29.8 Å². The molecule has 0 fully saturated rings. The molecule has 2 rings (SSSR count). The fourth-order valence-corrected chi connectivity index (χ4v) is 1.73. The van der Waals surface area contributed by atoms with Gasteiger partial charge < -0.3 is 10.1 Å². The molecule has 0 bridgehead atoms. The number of halogens is 2. The van der Waals surface area contributed by atoms with Crippen molar-refractivity contribution in [1.82, 2.24) is 5.32 Å². The van der Waals surface area contributed by atoms with Crippen LogP contribution in [0, 0.1) is 11.6 Å². The molecule has 1 N–H and O–H groups in total. The second-order valence-corrected chi connectivity index (χ2v) is 4.86. The van der Waals surface area contributed by atoms with Crippen LogP contribution in [0.2, 0.25) is 0 Å². The second-order valence-electron chi connectivity index (χ2n) is 4.86. The molecule has 0 amide bonds. The molecule has 2 aromatic carbocycles. The Bertz CT molecular complexity index is 584. The van der Waals surface area contributed by atoms with E-state index in [0.717, 1.165) is 11.6 Å². The lowest BCUT2D eigenvalue weighted by Gasteiger charge is -2.10. The fourth-order valence-electron chi connectivity index (χ4n) is 1.73. The molecule has 0 atom stereocenters. The van der Waals surface area contributed by atoms with Gasteiger partial charge in [-0.25, -0.2) is 8.78 Å². The van der Waals surface area contributed by atoms with Crippen molar-refractivity contribution in [2.45, 2.75) is 26.4 Å². The van der Waals surface area contributed by atoms with Crippen molar-refractivity contribution in [3.63, 3.8) is 0 Å². The fraction of sp³-hybridized carbons (Fsp3) is 0.250. The van der Waals surface area contributed by atoms with Crippen LogP contribution in [0.4, 0.5) is 8.78 Å². The highest BCUT2D eigenvalue weighted by molar-refractivity contribution is 5.34. The first-order chi connectivity index (χ1) is 9.54. The quantitative estimate of drug-likeness (QED) is 0.882. The minimum absolute atomic E-state index is 0.0142. The Morgan fingerprint density at radius 3 is 2.60 bits per heavy atom. The van der Waals surface area contributed by atoms with Crippen molar-refractivity contribution in [3.05, 3.63) is 59.7 Å². The zero-order chi connectivity index (χ0) is 14.5. The van der Waals surface area contributed by atoms with Gasteiger partial charge >= 0.3 is 0 Å². The highest BCUT2D eigenvalue weighted by atomic mass is 19.1. The van der Waals surface area contributed by atoms with E-state index >= 15 is 0 Å². The summed E-state index contributed by atoms with van der Waals surface area (Å²) in [6.07, 6.45) is 0. The third-order valence-electron chi connectivity index (χ3n) is 2.73. The standard InChI is InChI=1S/C16H17F2NO/c1-11(2)19-10-12-4-3-5-14(8-12)20-16-7-6-13(17)9-15(16)18/h3-9,11,19H,10H2,1-2H3. The molecule has 0 unspecified atom stereocenters. The Hall–Kier alpha value is -1.94. The monoisotopic (exact) mass is 277 g/mol. The normalized spacial score (nSPS) is 10.8. The summed E-state index contributed by atoms with van der Waals surface area (Å²) >= 11 is 0. The predicted molar refractivity (Wildman–Crippen MR) is 74.8 cm³/mol. The van der Waals surface area contributed by atoms with E-state index in [1.165, 1.54) is 12.1 Å². The van der Waals surface area contributed by atoms with Crippen molar-refractivity contribution in [2.75, 3.05) is 0 Å². The summed E-state index contributed by atoms with van der Waals surface area (Å²) in [4.78, 5) is 0. The molecule has 2 nitrogen and oxygen atoms in total. The Balaban J connectivity index is 2.11. The van der Waals surface area contributed by atoms with E-state index in [1.807, 2.05) is 18.2 Å². The highest BCUT2D eigenvalue weighted by Crippen LogP contribution is 2.25. The molecule has 0 saturated heterocycles. The third kappa shape index (κ3) is 4.03. The smallest absolute Gasteiger partial charge is 0.168 e. The van der Waals surface area contributed by atoms with E-state index in [0.29, 0.717) is 18.3 Å². The predicted octanol–water partition coefficient (Wildman–Crippen LogP) is 4.26. The number of ether oxygens (including phenoxy) is 1. The van der Waals surface area contributed by atoms with Gasteiger partial charge in [0.05, 0.1) is 0 Å². The van der Waals surface area contributed by atoms with Crippen molar-refractivity contribution >= 4 is 0 Å². The van der Waals surface area contributed by atoms with Crippen molar-refractivity contribution < 1.29 is 13.5 Å². The molecule has 0 aliphatic rings. The van der Waals surface area contributed by atoms with Crippen LogP contribution in [-0.4, -0.2) is 6.04 Å². The Kier molecular flexibility index (Phi) is 4.69. The number of rotatable bonds is 5. The topological polar surface area (TPSA) is 21.3 Å². The first-order valence-electron chi connectivity index (χ1n) is 6.50. The van der Waals surface area contributed by atoms with E-state index in [2.05, 4.69) is 19.2 Å². The van der Waals surface area contributed by atoms with Crippen LogP contribution in [0.1, 0.15) is 19.4 Å². The highest BCUT2D eigenvalue weighted by Gasteiger charge is 2.06. The average Bonchev–Trinajstić information content (AvgIpc) is 2.40. The molecule has 0 spiro atoms. The molecule has 0 heterocycles. The molecule has 4 heteroatoms. The van der Waals surface area contributed by atoms with Gasteiger partial charge in [-0.3, -0.25) is 0 Å². The number of hydrogen-bond acceptors (Lipinski definition) is 2. The molecule has 0 radical (unpaired) electrons. The maximum atomic E-state index is 13.5. The Labute approximate surface area is 117 Å². The van der Waals surface area contributed by atoms with Crippen LogP contribution in [0.25, 0.3) is 0 Å². The molecule has 106 valence electrons. The second kappa shape index (κ2) is 6.48. The molecule has 0 aromatic heterocycles. The third-order valence-corrected chi connectivity index (χ3v) is 2.73. The zero-order valence-electron chi connectivity index (χ0n) is 11.5. The summed E-state index contributed by atoms with van der Waals surface area (Å²) in [5.74, 6) is -0.792. The van der Waals surface area contributed by atoms with Crippen LogP contribution in [0.3, 0.4) is 0 Å². The van der Waals surface area contributed by atoms with E-state index in [1.54, 1.807) is 6.07 Å². The van der Waals surface area contributed by atoms with Crippen molar-refractivity contribution in [2.24, 2.45) is 0 Å². The summed E-state index contributed by atoms with van der Waals surface area (Å²) in [7, 11) is 0. The molecule has 0 saturated carbocycles. The minimum atomic E-state index is -0.712. The number of hydrogen-bond donors (Lipinski definition) is 1. The molecule has 0 aliphatic heterocycles. The molecule has 0 aliphatic carbocycles. The van der Waals surface area contributed by atoms with Gasteiger partial charge in [0.1, 0.15) is 11.6 Å². The molecule has 20 heavy (non-hydrogen) atoms. The van der Waals surface area contributed by atoms with Gasteiger partial charge in [0, 0.05) is 18.7 Å².